The molecule has 3 nitrogen and oxygen atoms in total. The van der Waals surface area contributed by atoms with Gasteiger partial charge in [0.1, 0.15) is 6.07 Å². The number of pyridine rings is 1. The molecule has 1 rings (SSSR count). The molecule has 0 radical (unpaired) electrons. The Labute approximate surface area is 92.5 Å². The highest BCUT2D eigenvalue weighted by Crippen LogP contribution is 2.02. The van der Waals surface area contributed by atoms with Crippen LogP contribution in [0.2, 0.25) is 0 Å². The summed E-state index contributed by atoms with van der Waals surface area (Å²) in [5.41, 5.74) is 0.918. The molecule has 1 aromatic heterocycles. The zero-order chi connectivity index (χ0) is 11.1. The number of thioether (sulfide) groups is 1. The fraction of sp³-hybridized carbons (Fsp3) is 0.182. The average molecular weight is 216 g/mol. The molecule has 15 heavy (non-hydrogen) atoms. The van der Waals surface area contributed by atoms with Gasteiger partial charge in [0.05, 0.1) is 11.3 Å². The Morgan fingerprint density at radius 3 is 3.13 bits per heavy atom. The first-order valence-corrected chi connectivity index (χ1v) is 5.20. The quantitative estimate of drug-likeness (QED) is 0.669. The third-order valence-electron chi connectivity index (χ3n) is 1.48. The van der Waals surface area contributed by atoms with Crippen molar-refractivity contribution in [3.05, 3.63) is 29.6 Å². The molecule has 74 valence electrons. The van der Waals surface area contributed by atoms with Gasteiger partial charge in [-0.15, -0.1) is 0 Å². The lowest BCUT2D eigenvalue weighted by Gasteiger charge is -1.91. The number of hydrogen-bond acceptors (Lipinski definition) is 4. The Kier molecular flexibility index (Phi) is 4.40. The first-order valence-electron chi connectivity index (χ1n) is 4.21. The average Bonchev–Trinajstić information content (AvgIpc) is 2.24. The van der Waals surface area contributed by atoms with Crippen LogP contribution >= 0.6 is 11.8 Å². The van der Waals surface area contributed by atoms with Crippen LogP contribution in [-0.2, 0) is 4.79 Å². The maximum atomic E-state index is 10.6. The van der Waals surface area contributed by atoms with Gasteiger partial charge < -0.3 is 0 Å². The molecule has 0 spiro atoms. The smallest absolute Gasteiger partial charge is 0.186 e. The van der Waals surface area contributed by atoms with E-state index in [2.05, 4.69) is 16.8 Å². The first-order chi connectivity index (χ1) is 7.24. The van der Waals surface area contributed by atoms with E-state index in [9.17, 15) is 4.79 Å². The lowest BCUT2D eigenvalue weighted by molar-refractivity contribution is -0.109. The predicted molar refractivity (Wildman–Crippen MR) is 59.0 cm³/mol. The van der Waals surface area contributed by atoms with Crippen LogP contribution in [0.15, 0.2) is 18.3 Å². The van der Waals surface area contributed by atoms with Crippen molar-refractivity contribution in [3.8, 4) is 17.9 Å². The Morgan fingerprint density at radius 2 is 2.47 bits per heavy atom. The highest BCUT2D eigenvalue weighted by molar-refractivity contribution is 8.13. The van der Waals surface area contributed by atoms with Crippen molar-refractivity contribution in [2.24, 2.45) is 0 Å². The van der Waals surface area contributed by atoms with Gasteiger partial charge in [0.15, 0.2) is 10.8 Å². The minimum atomic E-state index is 0.0380. The normalized spacial score (nSPS) is 8.53. The number of aromatic nitrogens is 1. The Bertz CT molecular complexity index is 465. The summed E-state index contributed by atoms with van der Waals surface area (Å²) in [7, 11) is 0. The summed E-state index contributed by atoms with van der Waals surface area (Å²) in [6, 6.07) is 5.42. The molecule has 0 aromatic carbocycles. The van der Waals surface area contributed by atoms with Gasteiger partial charge in [-0.3, -0.25) is 4.79 Å². The van der Waals surface area contributed by atoms with Crippen molar-refractivity contribution in [3.63, 3.8) is 0 Å². The highest BCUT2D eigenvalue weighted by Gasteiger charge is 1.97. The molecule has 0 N–H and O–H groups in total. The lowest BCUT2D eigenvalue weighted by Crippen LogP contribution is -1.87. The van der Waals surface area contributed by atoms with Crippen molar-refractivity contribution in [2.75, 3.05) is 5.75 Å². The van der Waals surface area contributed by atoms with Crippen LogP contribution in [0.1, 0.15) is 18.2 Å². The van der Waals surface area contributed by atoms with E-state index in [1.165, 1.54) is 6.92 Å². The summed E-state index contributed by atoms with van der Waals surface area (Å²) < 4.78 is 0. The number of hydrogen-bond donors (Lipinski definition) is 0. The molecule has 0 aliphatic heterocycles. The summed E-state index contributed by atoms with van der Waals surface area (Å²) in [5, 5.41) is 8.76. The molecular weight excluding hydrogens is 208 g/mol. The molecule has 0 atom stereocenters. The zero-order valence-corrected chi connectivity index (χ0v) is 8.97. The van der Waals surface area contributed by atoms with E-state index in [1.807, 2.05) is 6.07 Å². The minimum Gasteiger partial charge on any atom is -0.288 e. The van der Waals surface area contributed by atoms with Crippen LogP contribution in [0, 0.1) is 23.2 Å². The molecular formula is C11H8N2OS. The Hall–Kier alpha value is -1.78. The molecule has 0 saturated heterocycles. The van der Waals surface area contributed by atoms with Crippen molar-refractivity contribution < 1.29 is 4.79 Å². The second-order valence-electron chi connectivity index (χ2n) is 2.59. The van der Waals surface area contributed by atoms with E-state index < -0.39 is 0 Å². The van der Waals surface area contributed by atoms with Gasteiger partial charge in [-0.1, -0.05) is 23.6 Å². The number of nitriles is 1. The van der Waals surface area contributed by atoms with Gasteiger partial charge in [-0.25, -0.2) is 4.98 Å². The van der Waals surface area contributed by atoms with Gasteiger partial charge in [-0.05, 0) is 12.1 Å². The zero-order valence-electron chi connectivity index (χ0n) is 8.15. The van der Waals surface area contributed by atoms with E-state index >= 15 is 0 Å². The maximum absolute atomic E-state index is 10.6. The summed E-state index contributed by atoms with van der Waals surface area (Å²) >= 11 is 1.15. The van der Waals surface area contributed by atoms with Gasteiger partial charge >= 0.3 is 0 Å². The summed E-state index contributed by atoms with van der Waals surface area (Å²) in [5.74, 6) is 6.06. The van der Waals surface area contributed by atoms with Crippen molar-refractivity contribution in [1.29, 1.82) is 5.26 Å². The molecule has 4 heteroatoms. The van der Waals surface area contributed by atoms with E-state index in [4.69, 9.17) is 5.26 Å². The molecule has 0 amide bonds. The highest BCUT2D eigenvalue weighted by atomic mass is 32.2. The second-order valence-corrected chi connectivity index (χ2v) is 3.75. The van der Waals surface area contributed by atoms with Crippen LogP contribution in [0.4, 0.5) is 0 Å². The second kappa shape index (κ2) is 5.85. The Balaban J connectivity index is 2.72. The molecule has 0 saturated carbocycles. The molecule has 0 unspecified atom stereocenters. The molecule has 0 aliphatic rings. The number of carbonyl (C=O) groups is 1. The van der Waals surface area contributed by atoms with Gasteiger partial charge in [0.25, 0.3) is 0 Å². The largest absolute Gasteiger partial charge is 0.288 e. The minimum absolute atomic E-state index is 0.0380. The van der Waals surface area contributed by atoms with Crippen molar-refractivity contribution in [1.82, 2.24) is 4.98 Å². The van der Waals surface area contributed by atoms with Crippen LogP contribution in [0.5, 0.6) is 0 Å². The molecule has 0 fully saturated rings. The molecule has 0 aliphatic carbocycles. The van der Waals surface area contributed by atoms with Crippen molar-refractivity contribution in [2.45, 2.75) is 6.92 Å². The summed E-state index contributed by atoms with van der Waals surface area (Å²) in [6.45, 7) is 1.50. The fourth-order valence-electron chi connectivity index (χ4n) is 0.864. The third-order valence-corrected chi connectivity index (χ3v) is 2.18. The Morgan fingerprint density at radius 1 is 1.67 bits per heavy atom. The summed E-state index contributed by atoms with van der Waals surface area (Å²) in [6.07, 6.45) is 1.55. The molecule has 1 heterocycles. The van der Waals surface area contributed by atoms with Crippen LogP contribution in [0.3, 0.4) is 0 Å². The standard InChI is InChI=1S/C11H8N2OS/c1-9(14)15-7-3-5-10-4-2-6-13-11(10)8-12/h2,4,6H,7H2,1H3. The van der Waals surface area contributed by atoms with Crippen LogP contribution in [-0.4, -0.2) is 15.9 Å². The fourth-order valence-corrected chi connectivity index (χ4v) is 1.21. The number of nitrogens with zero attached hydrogens (tertiary/aromatic N) is 2. The van der Waals surface area contributed by atoms with Gasteiger partial charge in [0, 0.05) is 13.1 Å². The van der Waals surface area contributed by atoms with Crippen molar-refractivity contribution >= 4 is 16.9 Å². The van der Waals surface area contributed by atoms with Gasteiger partial charge in [0.2, 0.25) is 0 Å². The van der Waals surface area contributed by atoms with E-state index in [1.54, 1.807) is 18.3 Å². The van der Waals surface area contributed by atoms with Crippen LogP contribution < -0.4 is 0 Å². The number of rotatable bonds is 1. The number of carbonyl (C=O) groups excluding carboxylic acids is 1. The summed E-state index contributed by atoms with van der Waals surface area (Å²) in [4.78, 5) is 14.5. The SMILES string of the molecule is CC(=O)SCC#Cc1cccnc1C#N. The van der Waals surface area contributed by atoms with E-state index in [0.29, 0.717) is 17.0 Å². The van der Waals surface area contributed by atoms with E-state index in [-0.39, 0.29) is 5.12 Å². The first kappa shape index (κ1) is 11.3. The van der Waals surface area contributed by atoms with Crippen LogP contribution in [0.25, 0.3) is 0 Å². The van der Waals surface area contributed by atoms with E-state index in [0.717, 1.165) is 11.8 Å². The predicted octanol–water partition coefficient (Wildman–Crippen LogP) is 1.58. The van der Waals surface area contributed by atoms with Gasteiger partial charge in [-0.2, -0.15) is 5.26 Å². The monoisotopic (exact) mass is 216 g/mol. The third kappa shape index (κ3) is 3.84. The molecule has 0 bridgehead atoms. The maximum Gasteiger partial charge on any atom is 0.186 e. The molecule has 1 aromatic rings. The topological polar surface area (TPSA) is 53.8 Å². The lowest BCUT2D eigenvalue weighted by atomic mass is 10.2.